The minimum atomic E-state index is -4.08. The Bertz CT molecular complexity index is 1340. The summed E-state index contributed by atoms with van der Waals surface area (Å²) in [6, 6.07) is 21.7. The van der Waals surface area contributed by atoms with Gasteiger partial charge in [-0.15, -0.1) is 0 Å². The summed E-state index contributed by atoms with van der Waals surface area (Å²) in [6.07, 6.45) is 1.92. The minimum absolute atomic E-state index is 0.0804. The molecule has 8 nitrogen and oxygen atoms in total. The lowest BCUT2D eigenvalue weighted by atomic mass is 10.1. The molecule has 3 aromatic rings. The summed E-state index contributed by atoms with van der Waals surface area (Å²) >= 11 is 0. The molecule has 0 bridgehead atoms. The van der Waals surface area contributed by atoms with Crippen LogP contribution in [0.1, 0.15) is 44.7 Å². The fourth-order valence-corrected chi connectivity index (χ4v) is 5.79. The number of nitrogens with zero attached hydrogens (tertiary/aromatic N) is 2. The minimum Gasteiger partial charge on any atom is -0.497 e. The Hall–Kier alpha value is -3.85. The van der Waals surface area contributed by atoms with Crippen LogP contribution in [0.25, 0.3) is 0 Å². The first-order chi connectivity index (χ1) is 19.2. The van der Waals surface area contributed by atoms with Gasteiger partial charge < -0.3 is 15.0 Å². The van der Waals surface area contributed by atoms with E-state index in [-0.39, 0.29) is 17.3 Å². The highest BCUT2D eigenvalue weighted by molar-refractivity contribution is 7.92. The second-order valence-corrected chi connectivity index (χ2v) is 11.3. The van der Waals surface area contributed by atoms with Crippen LogP contribution in [-0.4, -0.2) is 51.4 Å². The smallest absolute Gasteiger partial charge is 0.264 e. The molecule has 3 aromatic carbocycles. The molecule has 40 heavy (non-hydrogen) atoms. The number of hydrogen-bond donors (Lipinski definition) is 1. The molecule has 1 unspecified atom stereocenters. The van der Waals surface area contributed by atoms with Crippen LogP contribution in [0.5, 0.6) is 5.75 Å². The molecule has 0 heterocycles. The first kappa shape index (κ1) is 30.7. The lowest BCUT2D eigenvalue weighted by Crippen LogP contribution is -2.52. The number of carbonyl (C=O) groups excluding carboxylic acids is 2. The van der Waals surface area contributed by atoms with Crippen molar-refractivity contribution in [2.45, 2.75) is 57.5 Å². The Kier molecular flexibility index (Phi) is 11.1. The number of carbonyl (C=O) groups is 2. The van der Waals surface area contributed by atoms with E-state index in [1.807, 2.05) is 45.0 Å². The van der Waals surface area contributed by atoms with Crippen molar-refractivity contribution in [1.29, 1.82) is 0 Å². The maximum atomic E-state index is 14.0. The van der Waals surface area contributed by atoms with E-state index < -0.39 is 28.5 Å². The van der Waals surface area contributed by atoms with Gasteiger partial charge in [0.05, 0.1) is 17.7 Å². The first-order valence-electron chi connectivity index (χ1n) is 13.6. The zero-order chi connectivity index (χ0) is 29.1. The Balaban J connectivity index is 2.03. The summed E-state index contributed by atoms with van der Waals surface area (Å²) < 4.78 is 34.1. The number of nitrogens with one attached hydrogen (secondary N) is 1. The molecule has 1 N–H and O–H groups in total. The van der Waals surface area contributed by atoms with E-state index >= 15 is 0 Å². The van der Waals surface area contributed by atoms with Crippen molar-refractivity contribution in [1.82, 2.24) is 10.2 Å². The molecule has 214 valence electrons. The number of benzene rings is 3. The topological polar surface area (TPSA) is 96.0 Å². The van der Waals surface area contributed by atoms with E-state index in [0.29, 0.717) is 24.4 Å². The van der Waals surface area contributed by atoms with Gasteiger partial charge in [-0.05, 0) is 66.8 Å². The predicted octanol–water partition coefficient (Wildman–Crippen LogP) is 4.79. The molecule has 0 aromatic heterocycles. The van der Waals surface area contributed by atoms with Crippen LogP contribution in [0.2, 0.25) is 0 Å². The molecule has 0 saturated carbocycles. The molecule has 1 atom stereocenters. The molecule has 0 saturated heterocycles. The molecule has 0 radical (unpaired) electrons. The summed E-state index contributed by atoms with van der Waals surface area (Å²) in [5, 5.41) is 2.89. The average molecular weight is 566 g/mol. The number of methoxy groups -OCH3 is 1. The molecule has 0 aliphatic rings. The molecule has 0 fully saturated rings. The third-order valence-corrected chi connectivity index (χ3v) is 8.48. The highest BCUT2D eigenvalue weighted by Gasteiger charge is 2.33. The maximum absolute atomic E-state index is 14.0. The van der Waals surface area contributed by atoms with Crippen LogP contribution >= 0.6 is 0 Å². The Labute approximate surface area is 238 Å². The highest BCUT2D eigenvalue weighted by Crippen LogP contribution is 2.25. The number of sulfonamides is 1. The maximum Gasteiger partial charge on any atom is 0.264 e. The van der Waals surface area contributed by atoms with Crippen molar-refractivity contribution in [2.75, 3.05) is 24.5 Å². The van der Waals surface area contributed by atoms with Gasteiger partial charge >= 0.3 is 0 Å². The second-order valence-electron chi connectivity index (χ2n) is 9.43. The Morgan fingerprint density at radius 2 is 1.50 bits per heavy atom. The van der Waals surface area contributed by atoms with Crippen molar-refractivity contribution < 1.29 is 22.7 Å². The van der Waals surface area contributed by atoms with Gasteiger partial charge in [-0.1, -0.05) is 63.2 Å². The summed E-state index contributed by atoms with van der Waals surface area (Å²) in [5.41, 5.74) is 2.22. The third kappa shape index (κ3) is 7.63. The summed E-state index contributed by atoms with van der Waals surface area (Å²) in [6.45, 7) is 5.97. The number of rotatable bonds is 14. The standard InChI is InChI=1S/C31H39N3O5S/c1-5-21-32-31(36)29(7-3)33(22-25-15-19-27(39-4)20-16-25)30(35)23-34(26-17-13-24(6-2)14-18-26)40(37,38)28-11-9-8-10-12-28/h8-20,29H,5-7,21-23H2,1-4H3,(H,32,36). The number of hydrogen-bond acceptors (Lipinski definition) is 5. The van der Waals surface area contributed by atoms with Crippen molar-refractivity contribution in [3.63, 3.8) is 0 Å². The fraction of sp³-hybridized carbons (Fsp3) is 0.355. The zero-order valence-corrected chi connectivity index (χ0v) is 24.5. The van der Waals surface area contributed by atoms with Crippen molar-refractivity contribution in [3.05, 3.63) is 90.0 Å². The molecule has 0 aliphatic heterocycles. The number of anilines is 1. The quantitative estimate of drug-likeness (QED) is 0.303. The van der Waals surface area contributed by atoms with Crippen LogP contribution in [0.15, 0.2) is 83.8 Å². The van der Waals surface area contributed by atoms with Gasteiger partial charge in [-0.25, -0.2) is 8.42 Å². The van der Waals surface area contributed by atoms with Crippen molar-refractivity contribution >= 4 is 27.5 Å². The van der Waals surface area contributed by atoms with Crippen LogP contribution in [0, 0.1) is 0 Å². The normalized spacial score (nSPS) is 11.9. The van der Waals surface area contributed by atoms with Crippen LogP contribution in [0.3, 0.4) is 0 Å². The van der Waals surface area contributed by atoms with Crippen molar-refractivity contribution in [2.24, 2.45) is 0 Å². The lowest BCUT2D eigenvalue weighted by Gasteiger charge is -2.33. The van der Waals surface area contributed by atoms with E-state index in [1.54, 1.807) is 49.6 Å². The third-order valence-electron chi connectivity index (χ3n) is 6.69. The Morgan fingerprint density at radius 3 is 2.05 bits per heavy atom. The number of aryl methyl sites for hydroxylation is 1. The molecule has 2 amide bonds. The predicted molar refractivity (Wildman–Crippen MR) is 158 cm³/mol. The molecule has 3 rings (SSSR count). The van der Waals surface area contributed by atoms with Crippen LogP contribution < -0.4 is 14.4 Å². The van der Waals surface area contributed by atoms with Gasteiger partial charge in [-0.2, -0.15) is 0 Å². The SMILES string of the molecule is CCCNC(=O)C(CC)N(Cc1ccc(OC)cc1)C(=O)CN(c1ccc(CC)cc1)S(=O)(=O)c1ccccc1. The van der Waals surface area contributed by atoms with Crippen LogP contribution in [0.4, 0.5) is 5.69 Å². The second kappa shape index (κ2) is 14.5. The van der Waals surface area contributed by atoms with Gasteiger partial charge in [0.15, 0.2) is 0 Å². The van der Waals surface area contributed by atoms with Gasteiger partial charge in [0, 0.05) is 13.1 Å². The number of amides is 2. The highest BCUT2D eigenvalue weighted by atomic mass is 32.2. The average Bonchev–Trinajstić information content (AvgIpc) is 2.99. The summed E-state index contributed by atoms with van der Waals surface area (Å²) in [7, 11) is -2.51. The summed E-state index contributed by atoms with van der Waals surface area (Å²) in [5.74, 6) is -0.0746. The largest absolute Gasteiger partial charge is 0.497 e. The van der Waals surface area contributed by atoms with Gasteiger partial charge in [0.2, 0.25) is 11.8 Å². The van der Waals surface area contributed by atoms with E-state index in [4.69, 9.17) is 4.74 Å². The lowest BCUT2D eigenvalue weighted by molar-refractivity contribution is -0.140. The van der Waals surface area contributed by atoms with E-state index in [2.05, 4.69) is 5.32 Å². The van der Waals surface area contributed by atoms with Gasteiger partial charge in [0.1, 0.15) is 18.3 Å². The summed E-state index contributed by atoms with van der Waals surface area (Å²) in [4.78, 5) is 28.8. The van der Waals surface area contributed by atoms with E-state index in [1.165, 1.54) is 17.0 Å². The molecule has 0 spiro atoms. The molecule has 9 heteroatoms. The molecular formula is C31H39N3O5S. The van der Waals surface area contributed by atoms with Gasteiger partial charge in [0.25, 0.3) is 10.0 Å². The Morgan fingerprint density at radius 1 is 0.875 bits per heavy atom. The first-order valence-corrected chi connectivity index (χ1v) is 15.1. The number of ether oxygens (including phenoxy) is 1. The van der Waals surface area contributed by atoms with Crippen molar-refractivity contribution in [3.8, 4) is 5.75 Å². The van der Waals surface area contributed by atoms with Crippen LogP contribution in [-0.2, 0) is 32.6 Å². The molecular weight excluding hydrogens is 526 g/mol. The van der Waals surface area contributed by atoms with Gasteiger partial charge in [-0.3, -0.25) is 13.9 Å². The van der Waals surface area contributed by atoms with E-state index in [0.717, 1.165) is 28.3 Å². The van der Waals surface area contributed by atoms with E-state index in [9.17, 15) is 18.0 Å². The molecule has 0 aliphatic carbocycles. The zero-order valence-electron chi connectivity index (χ0n) is 23.7. The monoisotopic (exact) mass is 565 g/mol. The fourth-order valence-electron chi connectivity index (χ4n) is 4.36.